The van der Waals surface area contributed by atoms with Crippen LogP contribution in [0, 0.1) is 0 Å². The molecule has 0 aliphatic rings. The number of anilines is 1. The van der Waals surface area contributed by atoms with Gasteiger partial charge in [-0.25, -0.2) is 4.98 Å². The molecule has 0 aliphatic carbocycles. The number of hydrogen-bond acceptors (Lipinski definition) is 5. The van der Waals surface area contributed by atoms with Crippen LogP contribution in [0.5, 0.6) is 0 Å². The maximum absolute atomic E-state index is 12.2. The average molecular weight is 306 g/mol. The van der Waals surface area contributed by atoms with Crippen molar-refractivity contribution in [3.8, 4) is 0 Å². The number of nitrogens with one attached hydrogen (secondary N) is 3. The molecule has 7 heteroatoms. The van der Waals surface area contributed by atoms with E-state index in [0.717, 1.165) is 29.9 Å². The summed E-state index contributed by atoms with van der Waals surface area (Å²) >= 11 is 1.08. The number of aryl methyl sites for hydroxylation is 1. The Morgan fingerprint density at radius 3 is 2.86 bits per heavy atom. The molecule has 112 valence electrons. The van der Waals surface area contributed by atoms with E-state index in [2.05, 4.69) is 27.5 Å². The van der Waals surface area contributed by atoms with Gasteiger partial charge in [0.1, 0.15) is 5.82 Å². The number of amides is 1. The molecule has 2 aromatic heterocycles. The summed E-state index contributed by atoms with van der Waals surface area (Å²) in [4.78, 5) is 30.2. The van der Waals surface area contributed by atoms with Crippen molar-refractivity contribution in [1.29, 1.82) is 0 Å². The summed E-state index contributed by atoms with van der Waals surface area (Å²) in [6.07, 6.45) is 1.80. The van der Waals surface area contributed by atoms with Crippen LogP contribution in [0.15, 0.2) is 22.3 Å². The van der Waals surface area contributed by atoms with Crippen molar-refractivity contribution in [3.05, 3.63) is 44.1 Å². The Bertz CT molecular complexity index is 678. The molecule has 21 heavy (non-hydrogen) atoms. The third-order valence-electron chi connectivity index (χ3n) is 2.91. The fraction of sp³-hybridized carbons (Fsp3) is 0.357. The van der Waals surface area contributed by atoms with E-state index in [0.29, 0.717) is 23.6 Å². The number of nitrogens with zero attached hydrogens (tertiary/aromatic N) is 1. The standard InChI is InChI=1S/C14H18N4O2S/c1-3-4-10-5-9(6-12(15-2)17-10)13(19)16-7-11-8-21-14(20)18-11/h5-6,8H,3-4,7H2,1-2H3,(H,15,17)(H,16,19)(H,18,20). The van der Waals surface area contributed by atoms with Gasteiger partial charge in [0.05, 0.1) is 6.54 Å². The first-order valence-corrected chi connectivity index (χ1v) is 7.64. The van der Waals surface area contributed by atoms with Gasteiger partial charge in [-0.05, 0) is 18.6 Å². The highest BCUT2D eigenvalue weighted by atomic mass is 32.1. The lowest BCUT2D eigenvalue weighted by Gasteiger charge is -2.08. The molecule has 2 aromatic rings. The molecule has 1 amide bonds. The summed E-state index contributed by atoms with van der Waals surface area (Å²) in [5.74, 6) is 0.494. The predicted molar refractivity (Wildman–Crippen MR) is 83.9 cm³/mol. The largest absolute Gasteiger partial charge is 0.373 e. The van der Waals surface area contributed by atoms with Gasteiger partial charge in [-0.3, -0.25) is 9.59 Å². The van der Waals surface area contributed by atoms with Crippen molar-refractivity contribution in [3.63, 3.8) is 0 Å². The van der Waals surface area contributed by atoms with E-state index in [1.54, 1.807) is 24.6 Å². The number of H-pyrrole nitrogens is 1. The summed E-state index contributed by atoms with van der Waals surface area (Å²) in [6, 6.07) is 3.51. The number of aromatic nitrogens is 2. The Balaban J connectivity index is 2.10. The summed E-state index contributed by atoms with van der Waals surface area (Å²) in [5.41, 5.74) is 2.16. The molecule has 0 saturated heterocycles. The molecule has 0 unspecified atom stereocenters. The lowest BCUT2D eigenvalue weighted by Crippen LogP contribution is -2.23. The highest BCUT2D eigenvalue weighted by Crippen LogP contribution is 2.12. The molecule has 0 bridgehead atoms. The van der Waals surface area contributed by atoms with E-state index in [9.17, 15) is 9.59 Å². The number of carbonyl (C=O) groups excluding carboxylic acids is 1. The molecule has 2 rings (SSSR count). The fourth-order valence-corrected chi connectivity index (χ4v) is 2.49. The smallest absolute Gasteiger partial charge is 0.304 e. The van der Waals surface area contributed by atoms with Crippen LogP contribution in [0.4, 0.5) is 5.82 Å². The third-order valence-corrected chi connectivity index (χ3v) is 3.63. The lowest BCUT2D eigenvalue weighted by molar-refractivity contribution is 0.0950. The van der Waals surface area contributed by atoms with Crippen molar-refractivity contribution < 1.29 is 4.79 Å². The van der Waals surface area contributed by atoms with Crippen molar-refractivity contribution >= 4 is 23.1 Å². The SMILES string of the molecule is CCCc1cc(C(=O)NCc2csc(=O)[nH]2)cc(NC)n1. The first kappa shape index (κ1) is 15.2. The quantitative estimate of drug-likeness (QED) is 0.759. The zero-order valence-electron chi connectivity index (χ0n) is 12.0. The number of hydrogen-bond donors (Lipinski definition) is 3. The Kier molecular flexibility index (Phi) is 5.10. The predicted octanol–water partition coefficient (Wildman–Crippen LogP) is 1.76. The van der Waals surface area contributed by atoms with Gasteiger partial charge in [0.2, 0.25) is 0 Å². The van der Waals surface area contributed by atoms with E-state index in [4.69, 9.17) is 0 Å². The van der Waals surface area contributed by atoms with Crippen LogP contribution < -0.4 is 15.5 Å². The monoisotopic (exact) mass is 306 g/mol. The van der Waals surface area contributed by atoms with Gasteiger partial charge in [-0.15, -0.1) is 0 Å². The summed E-state index contributed by atoms with van der Waals surface area (Å²) in [7, 11) is 1.77. The molecule has 3 N–H and O–H groups in total. The van der Waals surface area contributed by atoms with Crippen molar-refractivity contribution in [1.82, 2.24) is 15.3 Å². The first-order chi connectivity index (χ1) is 10.1. The maximum atomic E-state index is 12.2. The highest BCUT2D eigenvalue weighted by Gasteiger charge is 2.10. The van der Waals surface area contributed by atoms with Gasteiger partial charge in [0, 0.05) is 29.4 Å². The summed E-state index contributed by atoms with van der Waals surface area (Å²) < 4.78 is 0. The van der Waals surface area contributed by atoms with Crippen LogP contribution >= 0.6 is 11.3 Å². The maximum Gasteiger partial charge on any atom is 0.304 e. The molecular formula is C14H18N4O2S. The molecule has 0 aliphatic heterocycles. The number of aromatic amines is 1. The van der Waals surface area contributed by atoms with Crippen molar-refractivity contribution in [2.24, 2.45) is 0 Å². The molecule has 6 nitrogen and oxygen atoms in total. The van der Waals surface area contributed by atoms with E-state index >= 15 is 0 Å². The molecule has 0 saturated carbocycles. The normalized spacial score (nSPS) is 10.4. The molecule has 0 aromatic carbocycles. The second-order valence-corrected chi connectivity index (χ2v) is 5.43. The first-order valence-electron chi connectivity index (χ1n) is 6.76. The zero-order valence-corrected chi connectivity index (χ0v) is 12.8. The lowest BCUT2D eigenvalue weighted by atomic mass is 10.1. The average Bonchev–Trinajstić information content (AvgIpc) is 2.90. The van der Waals surface area contributed by atoms with Gasteiger partial charge < -0.3 is 15.6 Å². The minimum Gasteiger partial charge on any atom is -0.373 e. The van der Waals surface area contributed by atoms with Gasteiger partial charge >= 0.3 is 4.87 Å². The van der Waals surface area contributed by atoms with Gasteiger partial charge in [0.25, 0.3) is 5.91 Å². The van der Waals surface area contributed by atoms with Gasteiger partial charge in [0.15, 0.2) is 0 Å². The highest BCUT2D eigenvalue weighted by molar-refractivity contribution is 7.07. The third kappa shape index (κ3) is 4.16. The summed E-state index contributed by atoms with van der Waals surface area (Å²) in [6.45, 7) is 2.37. The number of carbonyl (C=O) groups is 1. The van der Waals surface area contributed by atoms with E-state index in [1.807, 2.05) is 0 Å². The van der Waals surface area contributed by atoms with Crippen LogP contribution in [-0.4, -0.2) is 22.9 Å². The molecule has 0 atom stereocenters. The molecule has 0 radical (unpaired) electrons. The summed E-state index contributed by atoms with van der Waals surface area (Å²) in [5, 5.41) is 7.46. The van der Waals surface area contributed by atoms with E-state index in [1.165, 1.54) is 0 Å². The van der Waals surface area contributed by atoms with Crippen LogP contribution in [0.2, 0.25) is 0 Å². The Morgan fingerprint density at radius 1 is 1.43 bits per heavy atom. The Hall–Kier alpha value is -2.15. The zero-order chi connectivity index (χ0) is 15.2. The second kappa shape index (κ2) is 7.03. The minimum atomic E-state index is -0.182. The number of thiazole rings is 1. The Labute approximate surface area is 126 Å². The van der Waals surface area contributed by atoms with Gasteiger partial charge in [-0.1, -0.05) is 24.7 Å². The van der Waals surface area contributed by atoms with E-state index < -0.39 is 0 Å². The minimum absolute atomic E-state index is 0.120. The molecule has 0 spiro atoms. The topological polar surface area (TPSA) is 86.9 Å². The van der Waals surface area contributed by atoms with Gasteiger partial charge in [-0.2, -0.15) is 0 Å². The van der Waals surface area contributed by atoms with Crippen LogP contribution in [0.25, 0.3) is 0 Å². The van der Waals surface area contributed by atoms with Crippen molar-refractivity contribution in [2.75, 3.05) is 12.4 Å². The molecule has 0 fully saturated rings. The molecule has 2 heterocycles. The van der Waals surface area contributed by atoms with Crippen molar-refractivity contribution in [2.45, 2.75) is 26.3 Å². The number of rotatable bonds is 6. The van der Waals surface area contributed by atoms with Crippen LogP contribution in [-0.2, 0) is 13.0 Å². The Morgan fingerprint density at radius 2 is 2.24 bits per heavy atom. The van der Waals surface area contributed by atoms with Crippen LogP contribution in [0.3, 0.4) is 0 Å². The fourth-order valence-electron chi connectivity index (χ4n) is 1.91. The number of pyridine rings is 1. The van der Waals surface area contributed by atoms with Crippen LogP contribution in [0.1, 0.15) is 35.1 Å². The van der Waals surface area contributed by atoms with E-state index in [-0.39, 0.29) is 10.8 Å². The second-order valence-electron chi connectivity index (χ2n) is 4.59. The molecular weight excluding hydrogens is 288 g/mol.